The number of nitrogens with zero attached hydrogens (tertiary/aromatic N) is 2. The molecule has 1 aliphatic carbocycles. The van der Waals surface area contributed by atoms with Gasteiger partial charge in [-0.2, -0.15) is 0 Å². The summed E-state index contributed by atoms with van der Waals surface area (Å²) in [4.78, 5) is 19.4. The fraction of sp³-hybridized carbons (Fsp3) is 0.524. The number of rotatable bonds is 3. The number of likely N-dealkylation sites (tertiary alicyclic amines) is 1. The second-order valence-electron chi connectivity index (χ2n) is 7.83. The first-order valence-electron chi connectivity index (χ1n) is 9.55. The first kappa shape index (κ1) is 17.7. The molecule has 1 N–H and O–H groups in total. The number of aromatic nitrogens is 1. The van der Waals surface area contributed by atoms with Gasteiger partial charge in [0.05, 0.1) is 17.7 Å². The average molecular weight is 371 g/mol. The third-order valence-electron chi connectivity index (χ3n) is 5.93. The van der Waals surface area contributed by atoms with Crippen molar-refractivity contribution >= 4 is 17.2 Å². The molecule has 1 aromatic heterocycles. The molecule has 2 aromatic rings. The van der Waals surface area contributed by atoms with E-state index in [-0.39, 0.29) is 11.8 Å². The van der Waals surface area contributed by atoms with Crippen LogP contribution in [0.3, 0.4) is 0 Å². The SMILES string of the molecule is Cc1cccc(-c2nc(CC(=O)N3CC[C@@]4(O)CCCC[C@H]4C3)cs2)c1. The Morgan fingerprint density at radius 2 is 2.27 bits per heavy atom. The lowest BCUT2D eigenvalue weighted by Crippen LogP contribution is -2.54. The van der Waals surface area contributed by atoms with Crippen LogP contribution >= 0.6 is 11.3 Å². The Balaban J connectivity index is 1.41. The monoisotopic (exact) mass is 370 g/mol. The molecular weight excluding hydrogens is 344 g/mol. The summed E-state index contributed by atoms with van der Waals surface area (Å²) in [6.45, 7) is 3.44. The van der Waals surface area contributed by atoms with Crippen molar-refractivity contribution in [2.75, 3.05) is 13.1 Å². The van der Waals surface area contributed by atoms with E-state index in [0.717, 1.165) is 41.9 Å². The van der Waals surface area contributed by atoms with Gasteiger partial charge in [0.1, 0.15) is 5.01 Å². The molecule has 0 spiro atoms. The number of thiazole rings is 1. The van der Waals surface area contributed by atoms with Crippen LogP contribution in [0.15, 0.2) is 29.6 Å². The molecule has 0 bridgehead atoms. The van der Waals surface area contributed by atoms with Gasteiger partial charge in [-0.25, -0.2) is 4.98 Å². The standard InChI is InChI=1S/C21H26N2O2S/c1-15-5-4-6-16(11-15)20-22-18(14-26-20)12-19(24)23-10-9-21(25)8-3-2-7-17(21)13-23/h4-6,11,14,17,25H,2-3,7-10,12-13H2,1H3/t17-,21-/m0/s1. The highest BCUT2D eigenvalue weighted by Gasteiger charge is 2.43. The zero-order valence-electron chi connectivity index (χ0n) is 15.3. The van der Waals surface area contributed by atoms with Crippen molar-refractivity contribution in [2.24, 2.45) is 5.92 Å². The van der Waals surface area contributed by atoms with Crippen LogP contribution in [0.25, 0.3) is 10.6 Å². The van der Waals surface area contributed by atoms with E-state index in [4.69, 9.17) is 0 Å². The summed E-state index contributed by atoms with van der Waals surface area (Å²) in [6.07, 6.45) is 5.28. The van der Waals surface area contributed by atoms with Gasteiger partial charge >= 0.3 is 0 Å². The minimum atomic E-state index is -0.534. The van der Waals surface area contributed by atoms with E-state index in [2.05, 4.69) is 30.1 Å². The lowest BCUT2D eigenvalue weighted by molar-refractivity contribution is -0.142. The summed E-state index contributed by atoms with van der Waals surface area (Å²) in [5.41, 5.74) is 2.64. The zero-order valence-corrected chi connectivity index (χ0v) is 16.1. The highest BCUT2D eigenvalue weighted by Crippen LogP contribution is 2.39. The molecule has 5 heteroatoms. The summed E-state index contributed by atoms with van der Waals surface area (Å²) in [5, 5.41) is 13.7. The molecule has 26 heavy (non-hydrogen) atoms. The quantitative estimate of drug-likeness (QED) is 0.894. The van der Waals surface area contributed by atoms with Crippen LogP contribution in [-0.2, 0) is 11.2 Å². The van der Waals surface area contributed by atoms with Crippen molar-refractivity contribution in [1.82, 2.24) is 9.88 Å². The minimum Gasteiger partial charge on any atom is -0.389 e. The van der Waals surface area contributed by atoms with Gasteiger partial charge in [-0.15, -0.1) is 11.3 Å². The number of carbonyl (C=O) groups excluding carboxylic acids is 1. The molecule has 2 heterocycles. The zero-order chi connectivity index (χ0) is 18.1. The lowest BCUT2D eigenvalue weighted by Gasteiger charge is -2.47. The predicted octanol–water partition coefficient (Wildman–Crippen LogP) is 3.81. The summed E-state index contributed by atoms with van der Waals surface area (Å²) in [6, 6.07) is 8.30. The predicted molar refractivity (Wildman–Crippen MR) is 104 cm³/mol. The van der Waals surface area contributed by atoms with Crippen LogP contribution in [0.2, 0.25) is 0 Å². The highest BCUT2D eigenvalue weighted by molar-refractivity contribution is 7.13. The molecule has 138 valence electrons. The van der Waals surface area contributed by atoms with Crippen LogP contribution in [0.1, 0.15) is 43.4 Å². The lowest BCUT2D eigenvalue weighted by atomic mass is 9.71. The van der Waals surface area contributed by atoms with Crippen LogP contribution < -0.4 is 0 Å². The molecule has 1 aromatic carbocycles. The molecule has 0 radical (unpaired) electrons. The van der Waals surface area contributed by atoms with Crippen molar-refractivity contribution in [1.29, 1.82) is 0 Å². The van der Waals surface area contributed by atoms with E-state index in [9.17, 15) is 9.90 Å². The van der Waals surface area contributed by atoms with E-state index in [1.807, 2.05) is 16.3 Å². The van der Waals surface area contributed by atoms with Crippen LogP contribution in [-0.4, -0.2) is 39.6 Å². The number of carbonyl (C=O) groups is 1. The number of hydrogen-bond acceptors (Lipinski definition) is 4. The molecule has 1 saturated heterocycles. The number of hydrogen-bond donors (Lipinski definition) is 1. The number of aliphatic hydroxyl groups is 1. The molecule has 1 aliphatic heterocycles. The second kappa shape index (κ2) is 7.12. The Kier molecular flexibility index (Phi) is 4.84. The highest BCUT2D eigenvalue weighted by atomic mass is 32.1. The molecular formula is C21H26N2O2S. The van der Waals surface area contributed by atoms with E-state index < -0.39 is 5.60 Å². The van der Waals surface area contributed by atoms with Crippen molar-refractivity contribution in [3.05, 3.63) is 40.9 Å². The topological polar surface area (TPSA) is 53.4 Å². The van der Waals surface area contributed by atoms with E-state index in [1.54, 1.807) is 11.3 Å². The van der Waals surface area contributed by atoms with E-state index >= 15 is 0 Å². The molecule has 4 nitrogen and oxygen atoms in total. The summed E-state index contributed by atoms with van der Waals surface area (Å²) >= 11 is 1.60. The van der Waals surface area contributed by atoms with Crippen LogP contribution in [0, 0.1) is 12.8 Å². The van der Waals surface area contributed by atoms with E-state index in [0.29, 0.717) is 19.5 Å². The number of aryl methyl sites for hydroxylation is 1. The molecule has 2 aliphatic rings. The normalized spacial score (nSPS) is 25.8. The van der Waals surface area contributed by atoms with Crippen molar-refractivity contribution in [2.45, 2.75) is 51.0 Å². The molecule has 0 unspecified atom stereocenters. The Morgan fingerprint density at radius 3 is 3.12 bits per heavy atom. The molecule has 1 saturated carbocycles. The van der Waals surface area contributed by atoms with Gasteiger partial charge in [0, 0.05) is 30.0 Å². The fourth-order valence-corrected chi connectivity index (χ4v) is 5.18. The minimum absolute atomic E-state index is 0.138. The summed E-state index contributed by atoms with van der Waals surface area (Å²) < 4.78 is 0. The Bertz CT molecular complexity index is 803. The number of amides is 1. The third-order valence-corrected chi connectivity index (χ3v) is 6.87. The maximum absolute atomic E-state index is 12.8. The van der Waals surface area contributed by atoms with Gasteiger partial charge in [-0.3, -0.25) is 4.79 Å². The second-order valence-corrected chi connectivity index (χ2v) is 8.68. The summed E-state index contributed by atoms with van der Waals surface area (Å²) in [7, 11) is 0. The third kappa shape index (κ3) is 3.55. The Hall–Kier alpha value is -1.72. The van der Waals surface area contributed by atoms with Crippen molar-refractivity contribution in [3.8, 4) is 10.6 Å². The van der Waals surface area contributed by atoms with Gasteiger partial charge in [-0.1, -0.05) is 36.6 Å². The smallest absolute Gasteiger partial charge is 0.228 e. The number of fused-ring (bicyclic) bond motifs is 1. The van der Waals surface area contributed by atoms with Gasteiger partial charge in [0.2, 0.25) is 5.91 Å². The van der Waals surface area contributed by atoms with Gasteiger partial charge in [-0.05, 0) is 32.3 Å². The van der Waals surface area contributed by atoms with Gasteiger partial charge in [0.15, 0.2) is 0 Å². The van der Waals surface area contributed by atoms with E-state index in [1.165, 1.54) is 12.0 Å². The average Bonchev–Trinajstić information content (AvgIpc) is 3.09. The first-order valence-corrected chi connectivity index (χ1v) is 10.4. The van der Waals surface area contributed by atoms with Gasteiger partial charge in [0.25, 0.3) is 0 Å². The molecule has 4 rings (SSSR count). The Morgan fingerprint density at radius 1 is 1.38 bits per heavy atom. The molecule has 1 amide bonds. The maximum Gasteiger partial charge on any atom is 0.228 e. The Labute approximate surface area is 158 Å². The van der Waals surface area contributed by atoms with Crippen LogP contribution in [0.5, 0.6) is 0 Å². The fourth-order valence-electron chi connectivity index (χ4n) is 4.36. The first-order chi connectivity index (χ1) is 12.5. The van der Waals surface area contributed by atoms with Crippen molar-refractivity contribution < 1.29 is 9.90 Å². The number of piperidine rings is 1. The number of benzene rings is 1. The summed E-state index contributed by atoms with van der Waals surface area (Å²) in [5.74, 6) is 0.381. The maximum atomic E-state index is 12.8. The van der Waals surface area contributed by atoms with Crippen LogP contribution in [0.4, 0.5) is 0 Å². The molecule has 2 atom stereocenters. The molecule has 2 fully saturated rings. The van der Waals surface area contributed by atoms with Crippen molar-refractivity contribution in [3.63, 3.8) is 0 Å². The van der Waals surface area contributed by atoms with Gasteiger partial charge < -0.3 is 10.0 Å². The largest absolute Gasteiger partial charge is 0.389 e.